The number of ether oxygens (including phenoxy) is 1. The van der Waals surface area contributed by atoms with Gasteiger partial charge < -0.3 is 30.7 Å². The smallest absolute Gasteiger partial charge is 0.227 e. The Hall–Kier alpha value is -1.46. The van der Waals surface area contributed by atoms with Crippen LogP contribution in [0.1, 0.15) is 60.3 Å². The monoisotopic (exact) mass is 540 g/mol. The second-order valence-corrected chi connectivity index (χ2v) is 12.7. The first-order chi connectivity index (χ1) is 18.0. The Morgan fingerprint density at radius 3 is 2.61 bits per heavy atom. The maximum absolute atomic E-state index is 13.6. The molecule has 5 N–H and O–H groups in total. The van der Waals surface area contributed by atoms with Crippen LogP contribution < -0.4 is 21.3 Å². The molecule has 0 aliphatic carbocycles. The van der Waals surface area contributed by atoms with Crippen LogP contribution in [0.2, 0.25) is 0 Å². The van der Waals surface area contributed by atoms with Crippen molar-refractivity contribution in [2.24, 2.45) is 17.3 Å². The molecule has 3 rings (SSSR count). The summed E-state index contributed by atoms with van der Waals surface area (Å²) in [7, 11) is 1.70. The number of aliphatic hydroxyl groups is 1. The first kappa shape index (κ1) is 31.1. The molecule has 0 radical (unpaired) electrons. The summed E-state index contributed by atoms with van der Waals surface area (Å²) in [6.45, 7) is 15.9. The highest BCUT2D eigenvalue weighted by Gasteiger charge is 2.39. The summed E-state index contributed by atoms with van der Waals surface area (Å²) in [5.41, 5.74) is 0.882. The van der Waals surface area contributed by atoms with Crippen molar-refractivity contribution in [2.45, 2.75) is 84.9 Å². The van der Waals surface area contributed by atoms with E-state index in [2.05, 4.69) is 60.8 Å². The highest BCUT2D eigenvalue weighted by Crippen LogP contribution is 2.27. The zero-order valence-corrected chi connectivity index (χ0v) is 24.5. The minimum Gasteiger partial charge on any atom is -0.385 e. The zero-order valence-electron chi connectivity index (χ0n) is 24.5. The van der Waals surface area contributed by atoms with Crippen LogP contribution in [-0.4, -0.2) is 105 Å². The van der Waals surface area contributed by atoms with E-state index < -0.39 is 12.4 Å². The van der Waals surface area contributed by atoms with Crippen molar-refractivity contribution in [3.05, 3.63) is 11.4 Å². The molecule has 0 aromatic rings. The lowest BCUT2D eigenvalue weighted by molar-refractivity contribution is -0.139. The van der Waals surface area contributed by atoms with E-state index in [-0.39, 0.29) is 29.4 Å². The molecular formula is C28H53FN6O3. The van der Waals surface area contributed by atoms with Gasteiger partial charge in [-0.15, -0.1) is 0 Å². The Balaban J connectivity index is 1.78. The number of hydrogen-bond donors (Lipinski definition) is 5. The molecule has 0 saturated carbocycles. The van der Waals surface area contributed by atoms with E-state index in [1.54, 1.807) is 7.11 Å². The first-order valence-corrected chi connectivity index (χ1v) is 14.5. The maximum Gasteiger partial charge on any atom is 0.227 e. The zero-order chi connectivity index (χ0) is 27.9. The predicted octanol–water partition coefficient (Wildman–Crippen LogP) is 1.60. The number of piperidine rings is 2. The number of aliphatic hydroxyl groups excluding tert-OH is 1. The van der Waals surface area contributed by atoms with Crippen molar-refractivity contribution < 1.29 is 19.0 Å². The van der Waals surface area contributed by atoms with Gasteiger partial charge in [0.25, 0.3) is 0 Å². The quantitative estimate of drug-likeness (QED) is 0.199. The Morgan fingerprint density at radius 1 is 1.26 bits per heavy atom. The maximum atomic E-state index is 13.6. The molecule has 3 aliphatic rings. The number of nitrogens with zero attached hydrogens (tertiary/aromatic N) is 2. The minimum atomic E-state index is -0.800. The van der Waals surface area contributed by atoms with Gasteiger partial charge in [-0.3, -0.25) is 15.0 Å². The minimum absolute atomic E-state index is 0.00887. The van der Waals surface area contributed by atoms with E-state index in [0.717, 1.165) is 30.9 Å². The van der Waals surface area contributed by atoms with Gasteiger partial charge in [-0.1, -0.05) is 34.6 Å². The number of methoxy groups -OCH3 is 1. The van der Waals surface area contributed by atoms with Gasteiger partial charge >= 0.3 is 0 Å². The van der Waals surface area contributed by atoms with E-state index >= 15 is 0 Å². The van der Waals surface area contributed by atoms with Crippen molar-refractivity contribution in [1.82, 2.24) is 31.1 Å². The molecule has 3 heterocycles. The lowest BCUT2D eigenvalue weighted by Gasteiger charge is -2.45. The number of nitrogens with one attached hydrogen (secondary N) is 4. The average molecular weight is 541 g/mol. The first-order valence-electron chi connectivity index (χ1n) is 14.5. The summed E-state index contributed by atoms with van der Waals surface area (Å²) in [6, 6.07) is 0.0106. The molecule has 0 bridgehead atoms. The molecule has 220 valence electrons. The fourth-order valence-corrected chi connectivity index (χ4v) is 5.68. The van der Waals surface area contributed by atoms with Gasteiger partial charge in [0.2, 0.25) is 5.91 Å². The molecule has 10 heteroatoms. The summed E-state index contributed by atoms with van der Waals surface area (Å²) < 4.78 is 18.9. The van der Waals surface area contributed by atoms with E-state index in [1.807, 2.05) is 4.90 Å². The van der Waals surface area contributed by atoms with Crippen LogP contribution in [0, 0.1) is 17.3 Å². The SMILES string of the molecule is COCCCNC1=C(C(O)N(CC(C)C)[C@@H]2CNC[C@H](C(=O)N3CCC(F)CC3)C2)CNC(C(C)(C)C)N1. The van der Waals surface area contributed by atoms with E-state index in [4.69, 9.17) is 4.74 Å². The van der Waals surface area contributed by atoms with Gasteiger partial charge in [-0.25, -0.2) is 4.39 Å². The van der Waals surface area contributed by atoms with Gasteiger partial charge in [0.1, 0.15) is 18.2 Å². The topological polar surface area (TPSA) is 101 Å². The molecule has 9 nitrogen and oxygen atoms in total. The van der Waals surface area contributed by atoms with Crippen LogP contribution in [-0.2, 0) is 9.53 Å². The third-order valence-corrected chi connectivity index (χ3v) is 7.88. The van der Waals surface area contributed by atoms with Gasteiger partial charge in [0.15, 0.2) is 0 Å². The van der Waals surface area contributed by atoms with E-state index in [1.165, 1.54) is 0 Å². The van der Waals surface area contributed by atoms with Gasteiger partial charge in [-0.2, -0.15) is 0 Å². The molecule has 2 saturated heterocycles. The highest BCUT2D eigenvalue weighted by molar-refractivity contribution is 5.79. The predicted molar refractivity (Wildman–Crippen MR) is 149 cm³/mol. The fourth-order valence-electron chi connectivity index (χ4n) is 5.68. The third-order valence-electron chi connectivity index (χ3n) is 7.88. The Bertz CT molecular complexity index is 781. The van der Waals surface area contributed by atoms with Crippen molar-refractivity contribution in [1.29, 1.82) is 0 Å². The van der Waals surface area contributed by atoms with Crippen LogP contribution in [0.4, 0.5) is 4.39 Å². The average Bonchev–Trinajstić information content (AvgIpc) is 2.89. The van der Waals surface area contributed by atoms with Crippen molar-refractivity contribution >= 4 is 5.91 Å². The van der Waals surface area contributed by atoms with Crippen molar-refractivity contribution in [3.63, 3.8) is 0 Å². The number of carbonyl (C=O) groups is 1. The molecule has 2 fully saturated rings. The third kappa shape index (κ3) is 8.52. The van der Waals surface area contributed by atoms with Crippen LogP contribution in [0.5, 0.6) is 0 Å². The second-order valence-electron chi connectivity index (χ2n) is 12.7. The lowest BCUT2D eigenvalue weighted by atomic mass is 9.90. The largest absolute Gasteiger partial charge is 0.385 e. The normalized spacial score (nSPS) is 26.6. The molecule has 4 atom stereocenters. The Kier molecular flexibility index (Phi) is 11.7. The molecule has 0 aromatic heterocycles. The molecule has 38 heavy (non-hydrogen) atoms. The number of carbonyl (C=O) groups excluding carboxylic acids is 1. The summed E-state index contributed by atoms with van der Waals surface area (Å²) in [4.78, 5) is 17.3. The Labute approximate surface area is 229 Å². The Morgan fingerprint density at radius 2 is 1.97 bits per heavy atom. The van der Waals surface area contributed by atoms with Crippen LogP contribution in [0.3, 0.4) is 0 Å². The summed E-state index contributed by atoms with van der Waals surface area (Å²) in [6.07, 6.45) is 0.869. The fraction of sp³-hybridized carbons (Fsp3) is 0.893. The lowest BCUT2D eigenvalue weighted by Crippen LogP contribution is -2.61. The number of likely N-dealkylation sites (tertiary alicyclic amines) is 1. The summed E-state index contributed by atoms with van der Waals surface area (Å²) >= 11 is 0. The van der Waals surface area contributed by atoms with Crippen LogP contribution >= 0.6 is 0 Å². The number of amides is 1. The number of rotatable bonds is 11. The molecule has 2 unspecified atom stereocenters. The van der Waals surface area contributed by atoms with Crippen LogP contribution in [0.15, 0.2) is 11.4 Å². The van der Waals surface area contributed by atoms with Crippen molar-refractivity contribution in [3.8, 4) is 0 Å². The summed E-state index contributed by atoms with van der Waals surface area (Å²) in [5.74, 6) is 1.17. The summed E-state index contributed by atoms with van der Waals surface area (Å²) in [5, 5.41) is 26.0. The molecule has 0 aromatic carbocycles. The second kappa shape index (κ2) is 14.3. The van der Waals surface area contributed by atoms with Gasteiger partial charge in [0.05, 0.1) is 12.1 Å². The standard InChI is InChI=1S/C28H53FN6O3/c1-19(2)18-35(22-14-20(15-30-16-22)25(36)34-11-8-21(29)9-12-34)26(37)23-17-32-27(28(3,4)5)33-24(23)31-10-7-13-38-6/h19-22,26-27,30-33,37H,7-18H2,1-6H3/t20-,22+,26?,27?/m1/s1. The van der Waals surface area contributed by atoms with E-state index in [9.17, 15) is 14.3 Å². The van der Waals surface area contributed by atoms with E-state index in [0.29, 0.717) is 64.5 Å². The van der Waals surface area contributed by atoms with Gasteiger partial charge in [0, 0.05) is 71.1 Å². The number of halogens is 1. The molecular weight excluding hydrogens is 487 g/mol. The van der Waals surface area contributed by atoms with Gasteiger partial charge in [-0.05, 0) is 37.0 Å². The number of alkyl halides is 1. The molecule has 1 amide bonds. The number of hydrogen-bond acceptors (Lipinski definition) is 8. The molecule has 0 spiro atoms. The molecule has 3 aliphatic heterocycles. The highest BCUT2D eigenvalue weighted by atomic mass is 19.1. The van der Waals surface area contributed by atoms with Crippen molar-refractivity contribution in [2.75, 3.05) is 59.5 Å². The van der Waals surface area contributed by atoms with Crippen LogP contribution in [0.25, 0.3) is 0 Å².